The van der Waals surface area contributed by atoms with E-state index in [9.17, 15) is 5.11 Å². The van der Waals surface area contributed by atoms with Crippen LogP contribution in [0.5, 0.6) is 5.75 Å². The van der Waals surface area contributed by atoms with Crippen molar-refractivity contribution in [2.24, 2.45) is 0 Å². The van der Waals surface area contributed by atoms with Gasteiger partial charge in [0, 0.05) is 11.6 Å². The highest BCUT2D eigenvalue weighted by Gasteiger charge is 2.15. The number of ether oxygens (including phenoxy) is 1. The minimum Gasteiger partial charge on any atom is -0.489 e. The van der Waals surface area contributed by atoms with Gasteiger partial charge in [0.1, 0.15) is 18.5 Å². The molecule has 3 nitrogen and oxygen atoms in total. The number of rotatable bonds is 5. The van der Waals surface area contributed by atoms with E-state index in [0.717, 1.165) is 13.1 Å². The summed E-state index contributed by atoms with van der Waals surface area (Å²) in [5.41, 5.74) is 0. The van der Waals surface area contributed by atoms with Gasteiger partial charge in [0.25, 0.3) is 0 Å². The molecule has 0 bridgehead atoms. The van der Waals surface area contributed by atoms with E-state index >= 15 is 0 Å². The van der Waals surface area contributed by atoms with Gasteiger partial charge in [-0.3, -0.25) is 0 Å². The Labute approximate surface area is 124 Å². The van der Waals surface area contributed by atoms with Gasteiger partial charge in [0.2, 0.25) is 0 Å². The lowest BCUT2D eigenvalue weighted by molar-refractivity contribution is 0.0617. The quantitative estimate of drug-likeness (QED) is 0.906. The first-order chi connectivity index (χ1) is 9.15. The molecule has 1 N–H and O–H groups in total. The fourth-order valence-electron chi connectivity index (χ4n) is 2.27. The van der Waals surface area contributed by atoms with Gasteiger partial charge >= 0.3 is 0 Å². The Balaban J connectivity index is 1.77. The molecule has 0 spiro atoms. The standard InChI is InChI=1S/C14H19Cl2NO2/c15-11-4-5-14(13(16)8-11)19-10-12(18)9-17-6-2-1-3-7-17/h4-5,8,12,18H,1-3,6-7,9-10H2/t12-/m0/s1. The number of aliphatic hydroxyl groups is 1. The average Bonchev–Trinajstić information content (AvgIpc) is 2.39. The van der Waals surface area contributed by atoms with Gasteiger partial charge in [-0.2, -0.15) is 0 Å². The molecule has 1 aromatic rings. The Hall–Kier alpha value is -0.480. The van der Waals surface area contributed by atoms with E-state index in [4.69, 9.17) is 27.9 Å². The second-order valence-corrected chi connectivity index (χ2v) is 5.74. The van der Waals surface area contributed by atoms with Crippen LogP contribution in [0.4, 0.5) is 0 Å². The summed E-state index contributed by atoms with van der Waals surface area (Å²) in [5, 5.41) is 11.0. The van der Waals surface area contributed by atoms with Crippen molar-refractivity contribution in [1.82, 2.24) is 4.90 Å². The van der Waals surface area contributed by atoms with Crippen LogP contribution in [0.3, 0.4) is 0 Å². The summed E-state index contributed by atoms with van der Waals surface area (Å²) >= 11 is 11.8. The summed E-state index contributed by atoms with van der Waals surface area (Å²) in [4.78, 5) is 2.28. The molecule has 1 atom stereocenters. The topological polar surface area (TPSA) is 32.7 Å². The number of halogens is 2. The monoisotopic (exact) mass is 303 g/mol. The van der Waals surface area contributed by atoms with Crippen molar-refractivity contribution in [2.45, 2.75) is 25.4 Å². The van der Waals surface area contributed by atoms with E-state index in [1.54, 1.807) is 18.2 Å². The van der Waals surface area contributed by atoms with E-state index in [1.807, 2.05) is 0 Å². The van der Waals surface area contributed by atoms with Crippen molar-refractivity contribution in [2.75, 3.05) is 26.2 Å². The van der Waals surface area contributed by atoms with Crippen molar-refractivity contribution >= 4 is 23.2 Å². The summed E-state index contributed by atoms with van der Waals surface area (Å²) < 4.78 is 5.53. The molecule has 0 radical (unpaired) electrons. The molecule has 0 unspecified atom stereocenters. The molecule has 0 aliphatic carbocycles. The zero-order valence-corrected chi connectivity index (χ0v) is 12.3. The lowest BCUT2D eigenvalue weighted by Crippen LogP contribution is -2.38. The zero-order chi connectivity index (χ0) is 13.7. The third-order valence-electron chi connectivity index (χ3n) is 3.24. The van der Waals surface area contributed by atoms with Crippen LogP contribution in [0.15, 0.2) is 18.2 Å². The maximum Gasteiger partial charge on any atom is 0.138 e. The van der Waals surface area contributed by atoms with E-state index in [1.165, 1.54) is 19.3 Å². The molecule has 1 saturated heterocycles. The van der Waals surface area contributed by atoms with Crippen LogP contribution in [0, 0.1) is 0 Å². The van der Waals surface area contributed by atoms with Crippen molar-refractivity contribution < 1.29 is 9.84 Å². The number of hydrogen-bond acceptors (Lipinski definition) is 3. The Bertz CT molecular complexity index is 408. The predicted octanol–water partition coefficient (Wildman–Crippen LogP) is 3.22. The van der Waals surface area contributed by atoms with Crippen molar-refractivity contribution in [3.63, 3.8) is 0 Å². The van der Waals surface area contributed by atoms with Crippen LogP contribution in [0.2, 0.25) is 10.0 Å². The van der Waals surface area contributed by atoms with E-state index in [0.29, 0.717) is 22.3 Å². The lowest BCUT2D eigenvalue weighted by Gasteiger charge is -2.28. The Morgan fingerprint density at radius 1 is 1.21 bits per heavy atom. The number of piperidine rings is 1. The predicted molar refractivity (Wildman–Crippen MR) is 78.3 cm³/mol. The van der Waals surface area contributed by atoms with Crippen molar-refractivity contribution in [3.8, 4) is 5.75 Å². The Morgan fingerprint density at radius 3 is 2.63 bits per heavy atom. The summed E-state index contributed by atoms with van der Waals surface area (Å²) in [6.45, 7) is 3.04. The normalized spacial score (nSPS) is 18.3. The number of likely N-dealkylation sites (tertiary alicyclic amines) is 1. The van der Waals surface area contributed by atoms with Crippen molar-refractivity contribution in [1.29, 1.82) is 0 Å². The minimum atomic E-state index is -0.496. The number of β-amino-alcohol motifs (C(OH)–C–C–N with tert-alkyl or cyclic N) is 1. The summed E-state index contributed by atoms with van der Waals surface area (Å²) in [7, 11) is 0. The molecular formula is C14H19Cl2NO2. The molecule has 106 valence electrons. The smallest absolute Gasteiger partial charge is 0.138 e. The van der Waals surface area contributed by atoms with Gasteiger partial charge in [-0.05, 0) is 44.1 Å². The van der Waals surface area contributed by atoms with Gasteiger partial charge < -0.3 is 14.7 Å². The highest BCUT2D eigenvalue weighted by Crippen LogP contribution is 2.27. The number of benzene rings is 1. The van der Waals surface area contributed by atoms with E-state index < -0.39 is 6.10 Å². The van der Waals surface area contributed by atoms with Crippen LogP contribution < -0.4 is 4.74 Å². The van der Waals surface area contributed by atoms with Crippen LogP contribution in [0.25, 0.3) is 0 Å². The summed E-state index contributed by atoms with van der Waals surface area (Å²) in [6.07, 6.45) is 3.24. The number of hydrogen-bond donors (Lipinski definition) is 1. The van der Waals surface area contributed by atoms with E-state index in [-0.39, 0.29) is 6.61 Å². The minimum absolute atomic E-state index is 0.248. The molecule has 19 heavy (non-hydrogen) atoms. The van der Waals surface area contributed by atoms with Crippen LogP contribution in [0.1, 0.15) is 19.3 Å². The summed E-state index contributed by atoms with van der Waals surface area (Å²) in [6, 6.07) is 5.08. The molecule has 0 saturated carbocycles. The highest BCUT2D eigenvalue weighted by molar-refractivity contribution is 6.35. The van der Waals surface area contributed by atoms with Crippen molar-refractivity contribution in [3.05, 3.63) is 28.2 Å². The van der Waals surface area contributed by atoms with Gasteiger partial charge in [-0.25, -0.2) is 0 Å². The summed E-state index contributed by atoms with van der Waals surface area (Å²) in [5.74, 6) is 0.559. The fraction of sp³-hybridized carbons (Fsp3) is 0.571. The number of aliphatic hydroxyl groups excluding tert-OH is 1. The molecular weight excluding hydrogens is 285 g/mol. The first-order valence-corrected chi connectivity index (χ1v) is 7.39. The highest BCUT2D eigenvalue weighted by atomic mass is 35.5. The molecule has 0 aromatic heterocycles. The maximum atomic E-state index is 9.97. The largest absolute Gasteiger partial charge is 0.489 e. The third-order valence-corrected chi connectivity index (χ3v) is 3.77. The molecule has 1 aromatic carbocycles. The SMILES string of the molecule is O[C@H](COc1ccc(Cl)cc1Cl)CN1CCCCC1. The third kappa shape index (κ3) is 4.84. The Kier molecular flexibility index (Phi) is 5.76. The van der Waals surface area contributed by atoms with Crippen LogP contribution >= 0.6 is 23.2 Å². The van der Waals surface area contributed by atoms with Gasteiger partial charge in [-0.15, -0.1) is 0 Å². The molecule has 1 aliphatic rings. The Morgan fingerprint density at radius 2 is 1.95 bits per heavy atom. The average molecular weight is 304 g/mol. The van der Waals surface area contributed by atoms with E-state index in [2.05, 4.69) is 4.90 Å². The fourth-order valence-corrected chi connectivity index (χ4v) is 2.73. The molecule has 2 rings (SSSR count). The second kappa shape index (κ2) is 7.34. The van der Waals surface area contributed by atoms with Crippen LogP contribution in [-0.2, 0) is 0 Å². The molecule has 0 amide bonds. The second-order valence-electron chi connectivity index (χ2n) is 4.90. The molecule has 1 aliphatic heterocycles. The molecule has 5 heteroatoms. The first kappa shape index (κ1) is 14.9. The van der Waals surface area contributed by atoms with Gasteiger partial charge in [0.15, 0.2) is 0 Å². The number of nitrogens with zero attached hydrogens (tertiary/aromatic N) is 1. The lowest BCUT2D eigenvalue weighted by atomic mass is 10.1. The van der Waals surface area contributed by atoms with Gasteiger partial charge in [0.05, 0.1) is 5.02 Å². The zero-order valence-electron chi connectivity index (χ0n) is 10.8. The maximum absolute atomic E-state index is 9.97. The molecule has 1 heterocycles. The van der Waals surface area contributed by atoms with Crippen LogP contribution in [-0.4, -0.2) is 42.4 Å². The van der Waals surface area contributed by atoms with Gasteiger partial charge in [-0.1, -0.05) is 29.6 Å². The first-order valence-electron chi connectivity index (χ1n) is 6.63. The molecule has 1 fully saturated rings.